The van der Waals surface area contributed by atoms with Crippen molar-refractivity contribution in [2.75, 3.05) is 19.8 Å². The highest BCUT2D eigenvalue weighted by molar-refractivity contribution is 5.70. The van der Waals surface area contributed by atoms with Crippen molar-refractivity contribution >= 4 is 11.9 Å². The number of allylic oxidation sites excluding steroid dienone is 18. The summed E-state index contributed by atoms with van der Waals surface area (Å²) in [6.07, 6.45) is 62.4. The maximum absolute atomic E-state index is 12.7. The van der Waals surface area contributed by atoms with Crippen LogP contribution in [0.1, 0.15) is 175 Å². The first-order valence-corrected chi connectivity index (χ1v) is 22.4. The van der Waals surface area contributed by atoms with E-state index in [1.807, 2.05) is 0 Å². The van der Waals surface area contributed by atoms with Crippen molar-refractivity contribution in [2.45, 2.75) is 181 Å². The molecule has 0 saturated carbocycles. The molecule has 0 radical (unpaired) electrons. The molecule has 0 aromatic carbocycles. The van der Waals surface area contributed by atoms with Crippen LogP contribution in [0.15, 0.2) is 109 Å². The van der Waals surface area contributed by atoms with E-state index in [-0.39, 0.29) is 25.2 Å². The summed E-state index contributed by atoms with van der Waals surface area (Å²) in [6.45, 7) is 7.44. The van der Waals surface area contributed by atoms with Crippen LogP contribution in [-0.2, 0) is 23.8 Å². The third kappa shape index (κ3) is 43.3. The van der Waals surface area contributed by atoms with E-state index in [9.17, 15) is 9.59 Å². The molecule has 0 aliphatic rings. The largest absolute Gasteiger partial charge is 0.462 e. The summed E-state index contributed by atoms with van der Waals surface area (Å²) in [5.41, 5.74) is 0. The molecule has 56 heavy (non-hydrogen) atoms. The molecule has 5 heteroatoms. The topological polar surface area (TPSA) is 61.8 Å². The summed E-state index contributed by atoms with van der Waals surface area (Å²) in [4.78, 5) is 25.2. The molecule has 1 atom stereocenters. The van der Waals surface area contributed by atoms with Gasteiger partial charge in [0.1, 0.15) is 6.61 Å². The van der Waals surface area contributed by atoms with Gasteiger partial charge in [-0.15, -0.1) is 0 Å². The fourth-order valence-electron chi connectivity index (χ4n) is 5.53. The summed E-state index contributed by atoms with van der Waals surface area (Å²) in [6, 6.07) is 0. The second kappa shape index (κ2) is 45.9. The Morgan fingerprint density at radius 1 is 0.411 bits per heavy atom. The van der Waals surface area contributed by atoms with Crippen molar-refractivity contribution in [2.24, 2.45) is 0 Å². The number of esters is 2. The lowest BCUT2D eigenvalue weighted by molar-refractivity contribution is -0.163. The number of hydrogen-bond acceptors (Lipinski definition) is 5. The molecule has 1 unspecified atom stereocenters. The van der Waals surface area contributed by atoms with Gasteiger partial charge in [0.05, 0.1) is 6.61 Å². The number of hydrogen-bond donors (Lipinski definition) is 0. The fourth-order valence-corrected chi connectivity index (χ4v) is 5.53. The van der Waals surface area contributed by atoms with Crippen LogP contribution in [0.25, 0.3) is 0 Å². The van der Waals surface area contributed by atoms with Gasteiger partial charge in [0.2, 0.25) is 0 Å². The summed E-state index contributed by atoms with van der Waals surface area (Å²) >= 11 is 0. The van der Waals surface area contributed by atoms with Crippen LogP contribution in [0.5, 0.6) is 0 Å². The molecule has 0 aromatic heterocycles. The number of rotatable bonds is 39. The van der Waals surface area contributed by atoms with Crippen molar-refractivity contribution in [3.63, 3.8) is 0 Å². The average Bonchev–Trinajstić information content (AvgIpc) is 3.20. The zero-order valence-electron chi connectivity index (χ0n) is 36.1. The SMILES string of the molecule is CC/C=C\C/C=C\C/C=C\C/C=C\C/C=C\CCCC(=O)OCC(COCCCCCCCC)OC(=O)CCCCCC/C=C\C/C=C\C/C=C\C/C=C\CC. The van der Waals surface area contributed by atoms with Crippen molar-refractivity contribution in [3.05, 3.63) is 109 Å². The highest BCUT2D eigenvalue weighted by atomic mass is 16.6. The van der Waals surface area contributed by atoms with E-state index in [4.69, 9.17) is 14.2 Å². The standard InChI is InChI=1S/C51H82O5/c1-4-7-10-13-16-18-20-22-24-26-28-30-32-34-36-38-41-44-50(52)55-48-49(47-54-46-43-40-15-12-9-6-3)56-51(53)45-42-39-37-35-33-31-29-27-25-23-21-19-17-14-11-8-5-2/h7-8,10-11,16-19,22-25,28-31,34,36,49H,4-6,9,12-15,20-21,26-27,32-33,35,37-48H2,1-3H3/b10-7-,11-8-,18-16-,19-17-,24-22-,25-23-,30-28-,31-29-,36-34-. The Morgan fingerprint density at radius 2 is 0.821 bits per heavy atom. The minimum Gasteiger partial charge on any atom is -0.462 e. The predicted molar refractivity (Wildman–Crippen MR) is 242 cm³/mol. The molecular formula is C51H82O5. The van der Waals surface area contributed by atoms with Crippen LogP contribution < -0.4 is 0 Å². The third-order valence-electron chi connectivity index (χ3n) is 8.80. The van der Waals surface area contributed by atoms with Gasteiger partial charge in [-0.05, 0) is 96.3 Å². The molecule has 0 rings (SSSR count). The van der Waals surface area contributed by atoms with Gasteiger partial charge in [-0.2, -0.15) is 0 Å². The van der Waals surface area contributed by atoms with E-state index in [1.165, 1.54) is 25.7 Å². The first-order valence-electron chi connectivity index (χ1n) is 22.4. The summed E-state index contributed by atoms with van der Waals surface area (Å²) in [7, 11) is 0. The maximum Gasteiger partial charge on any atom is 0.306 e. The van der Waals surface area contributed by atoms with Gasteiger partial charge in [-0.25, -0.2) is 0 Å². The number of unbranched alkanes of at least 4 members (excludes halogenated alkanes) is 10. The van der Waals surface area contributed by atoms with Gasteiger partial charge in [-0.1, -0.05) is 175 Å². The molecule has 0 fully saturated rings. The summed E-state index contributed by atoms with van der Waals surface area (Å²) < 4.78 is 17.1. The lowest BCUT2D eigenvalue weighted by Gasteiger charge is -2.18. The maximum atomic E-state index is 12.7. The van der Waals surface area contributed by atoms with Crippen LogP contribution in [0, 0.1) is 0 Å². The van der Waals surface area contributed by atoms with Crippen LogP contribution in [-0.4, -0.2) is 37.9 Å². The quantitative estimate of drug-likeness (QED) is 0.0354. The van der Waals surface area contributed by atoms with Crippen LogP contribution in [0.2, 0.25) is 0 Å². The molecular weight excluding hydrogens is 693 g/mol. The lowest BCUT2D eigenvalue weighted by Crippen LogP contribution is -2.30. The molecule has 0 aromatic rings. The lowest BCUT2D eigenvalue weighted by atomic mass is 10.1. The molecule has 0 saturated heterocycles. The minimum atomic E-state index is -0.573. The zero-order valence-corrected chi connectivity index (χ0v) is 36.1. The van der Waals surface area contributed by atoms with Crippen LogP contribution in [0.4, 0.5) is 0 Å². The summed E-state index contributed by atoms with van der Waals surface area (Å²) in [5.74, 6) is -0.505. The molecule has 0 aliphatic carbocycles. The van der Waals surface area contributed by atoms with Crippen molar-refractivity contribution in [1.29, 1.82) is 0 Å². The predicted octanol–water partition coefficient (Wildman–Crippen LogP) is 14.9. The van der Waals surface area contributed by atoms with E-state index in [0.717, 1.165) is 116 Å². The van der Waals surface area contributed by atoms with Gasteiger partial charge < -0.3 is 14.2 Å². The molecule has 5 nitrogen and oxygen atoms in total. The van der Waals surface area contributed by atoms with Gasteiger partial charge in [0.25, 0.3) is 0 Å². The number of ether oxygens (including phenoxy) is 3. The number of carbonyl (C=O) groups excluding carboxylic acids is 2. The van der Waals surface area contributed by atoms with E-state index < -0.39 is 6.10 Å². The van der Waals surface area contributed by atoms with Gasteiger partial charge in [0, 0.05) is 19.4 Å². The van der Waals surface area contributed by atoms with E-state index in [2.05, 4.69) is 130 Å². The van der Waals surface area contributed by atoms with Crippen molar-refractivity contribution < 1.29 is 23.8 Å². The molecule has 0 amide bonds. The van der Waals surface area contributed by atoms with E-state index in [1.54, 1.807) is 0 Å². The van der Waals surface area contributed by atoms with Gasteiger partial charge in [-0.3, -0.25) is 9.59 Å². The Morgan fingerprint density at radius 3 is 1.34 bits per heavy atom. The third-order valence-corrected chi connectivity index (χ3v) is 8.80. The molecule has 0 heterocycles. The van der Waals surface area contributed by atoms with Gasteiger partial charge in [0.15, 0.2) is 6.10 Å². The highest BCUT2D eigenvalue weighted by Gasteiger charge is 2.17. The fraction of sp³-hybridized carbons (Fsp3) is 0.608. The Balaban J connectivity index is 4.30. The Bertz CT molecular complexity index is 1150. The normalized spacial score (nSPS) is 13.3. The molecule has 0 bridgehead atoms. The summed E-state index contributed by atoms with van der Waals surface area (Å²) in [5, 5.41) is 0. The van der Waals surface area contributed by atoms with Crippen molar-refractivity contribution in [1.82, 2.24) is 0 Å². The van der Waals surface area contributed by atoms with E-state index in [0.29, 0.717) is 19.4 Å². The highest BCUT2D eigenvalue weighted by Crippen LogP contribution is 2.10. The number of carbonyl (C=O) groups is 2. The van der Waals surface area contributed by atoms with Crippen LogP contribution in [0.3, 0.4) is 0 Å². The Hall–Kier alpha value is -3.44. The monoisotopic (exact) mass is 775 g/mol. The first kappa shape index (κ1) is 52.6. The zero-order chi connectivity index (χ0) is 40.7. The minimum absolute atomic E-state index is 0.0393. The average molecular weight is 775 g/mol. The van der Waals surface area contributed by atoms with Crippen LogP contribution >= 0.6 is 0 Å². The molecule has 0 spiro atoms. The Labute approximate surface area is 344 Å². The smallest absolute Gasteiger partial charge is 0.306 e. The molecule has 0 aliphatic heterocycles. The first-order chi connectivity index (χ1) is 27.6. The Kier molecular flexibility index (Phi) is 43.1. The second-order valence-electron chi connectivity index (χ2n) is 14.2. The molecule has 316 valence electrons. The molecule has 0 N–H and O–H groups in total. The van der Waals surface area contributed by atoms with E-state index >= 15 is 0 Å². The van der Waals surface area contributed by atoms with Crippen molar-refractivity contribution in [3.8, 4) is 0 Å². The second-order valence-corrected chi connectivity index (χ2v) is 14.2. The van der Waals surface area contributed by atoms with Gasteiger partial charge >= 0.3 is 11.9 Å².